The van der Waals surface area contributed by atoms with Crippen LogP contribution in [0, 0.1) is 0 Å². The molecule has 0 unspecified atom stereocenters. The summed E-state index contributed by atoms with van der Waals surface area (Å²) in [6, 6.07) is 3.44. The van der Waals surface area contributed by atoms with Crippen LogP contribution in [-0.4, -0.2) is 29.9 Å². The molecule has 6 nitrogen and oxygen atoms in total. The zero-order valence-electron chi connectivity index (χ0n) is 9.44. The molecule has 0 bridgehead atoms. The molecule has 1 aromatic heterocycles. The van der Waals surface area contributed by atoms with Crippen molar-refractivity contribution in [3.05, 3.63) is 29.6 Å². The number of nitrogens with one attached hydrogen (secondary N) is 2. The van der Waals surface area contributed by atoms with Gasteiger partial charge in [0.05, 0.1) is 0 Å². The molecule has 0 spiro atoms. The predicted molar refractivity (Wildman–Crippen MR) is 64.5 cm³/mol. The number of aliphatic imine (C=N–C) groups is 1. The van der Waals surface area contributed by atoms with Crippen molar-refractivity contribution in [1.29, 1.82) is 0 Å². The second-order valence-electron chi connectivity index (χ2n) is 3.78. The zero-order chi connectivity index (χ0) is 12.1. The molecule has 90 valence electrons. The van der Waals surface area contributed by atoms with Crippen molar-refractivity contribution < 1.29 is 4.79 Å². The molecule has 4 N–H and O–H groups in total. The van der Waals surface area contributed by atoms with Gasteiger partial charge in [-0.15, -0.1) is 0 Å². The summed E-state index contributed by atoms with van der Waals surface area (Å²) in [4.78, 5) is 19.1. The van der Waals surface area contributed by atoms with E-state index in [1.54, 1.807) is 12.3 Å². The minimum absolute atomic E-state index is 0.280. The van der Waals surface area contributed by atoms with E-state index < -0.39 is 5.91 Å². The molecule has 0 radical (unpaired) electrons. The van der Waals surface area contributed by atoms with Crippen LogP contribution in [-0.2, 0) is 6.54 Å². The average molecular weight is 233 g/mol. The maximum absolute atomic E-state index is 10.8. The number of nitrogens with two attached hydrogens (primary N) is 1. The summed E-state index contributed by atoms with van der Waals surface area (Å²) in [6.07, 6.45) is 2.70. The number of rotatable bonds is 3. The number of carbonyl (C=O) groups excluding carboxylic acids is 1. The minimum Gasteiger partial charge on any atom is -0.364 e. The summed E-state index contributed by atoms with van der Waals surface area (Å²) in [6.45, 7) is 2.43. The van der Waals surface area contributed by atoms with Crippen molar-refractivity contribution in [3.63, 3.8) is 0 Å². The van der Waals surface area contributed by atoms with Gasteiger partial charge >= 0.3 is 0 Å². The second-order valence-corrected chi connectivity index (χ2v) is 3.78. The molecule has 0 fully saturated rings. The Morgan fingerprint density at radius 2 is 2.41 bits per heavy atom. The molecular formula is C11H15N5O. The molecule has 0 saturated carbocycles. The maximum atomic E-state index is 10.8. The van der Waals surface area contributed by atoms with Crippen LogP contribution in [0.25, 0.3) is 0 Å². The molecule has 0 saturated heterocycles. The van der Waals surface area contributed by atoms with Crippen LogP contribution in [0.5, 0.6) is 0 Å². The van der Waals surface area contributed by atoms with Crippen molar-refractivity contribution in [2.45, 2.75) is 13.0 Å². The van der Waals surface area contributed by atoms with E-state index in [0.717, 1.165) is 31.0 Å². The molecule has 0 aliphatic carbocycles. The molecule has 0 aromatic carbocycles. The maximum Gasteiger partial charge on any atom is 0.267 e. The Morgan fingerprint density at radius 3 is 3.00 bits per heavy atom. The van der Waals surface area contributed by atoms with E-state index in [2.05, 4.69) is 20.6 Å². The first-order valence-electron chi connectivity index (χ1n) is 5.52. The Labute approximate surface area is 99.3 Å². The first-order chi connectivity index (χ1) is 8.25. The Bertz CT molecular complexity index is 426. The molecular weight excluding hydrogens is 218 g/mol. The van der Waals surface area contributed by atoms with Crippen LogP contribution >= 0.6 is 0 Å². The Kier molecular flexibility index (Phi) is 3.54. The number of carbonyl (C=O) groups is 1. The van der Waals surface area contributed by atoms with E-state index in [0.29, 0.717) is 6.54 Å². The number of amides is 1. The van der Waals surface area contributed by atoms with Gasteiger partial charge < -0.3 is 16.4 Å². The number of hydrogen-bond donors (Lipinski definition) is 3. The molecule has 2 rings (SSSR count). The van der Waals surface area contributed by atoms with Gasteiger partial charge in [-0.2, -0.15) is 0 Å². The molecule has 2 heterocycles. The number of primary amides is 1. The third-order valence-electron chi connectivity index (χ3n) is 2.43. The summed E-state index contributed by atoms with van der Waals surface area (Å²) in [5, 5.41) is 6.33. The van der Waals surface area contributed by atoms with Crippen molar-refractivity contribution in [3.8, 4) is 0 Å². The van der Waals surface area contributed by atoms with E-state index in [1.165, 1.54) is 0 Å². The number of aromatic nitrogens is 1. The third kappa shape index (κ3) is 3.17. The van der Waals surface area contributed by atoms with Gasteiger partial charge in [-0.05, 0) is 18.1 Å². The normalized spacial score (nSPS) is 14.7. The highest BCUT2D eigenvalue weighted by Crippen LogP contribution is 1.99. The molecule has 0 atom stereocenters. The molecule has 17 heavy (non-hydrogen) atoms. The van der Waals surface area contributed by atoms with Crippen LogP contribution in [0.15, 0.2) is 23.3 Å². The smallest absolute Gasteiger partial charge is 0.267 e. The number of hydrogen-bond acceptors (Lipinski definition) is 5. The Hall–Kier alpha value is -2.11. The monoisotopic (exact) mass is 233 g/mol. The molecule has 1 aromatic rings. The van der Waals surface area contributed by atoms with Gasteiger partial charge in [0, 0.05) is 25.8 Å². The first kappa shape index (κ1) is 11.4. The second kappa shape index (κ2) is 5.29. The van der Waals surface area contributed by atoms with Crippen molar-refractivity contribution in [2.24, 2.45) is 10.7 Å². The van der Waals surface area contributed by atoms with Gasteiger partial charge in [0.25, 0.3) is 5.91 Å². The standard InChI is InChI=1S/C11H15N5O/c12-10(17)9-3-2-8(6-15-9)7-16-11-13-4-1-5-14-11/h2-3,6H,1,4-5,7H2,(H2,12,17)(H2,13,14,16). The highest BCUT2D eigenvalue weighted by Gasteiger charge is 2.04. The Morgan fingerprint density at radius 1 is 1.53 bits per heavy atom. The van der Waals surface area contributed by atoms with E-state index in [-0.39, 0.29) is 5.69 Å². The quantitative estimate of drug-likeness (QED) is 0.663. The Balaban J connectivity index is 1.90. The molecule has 1 aliphatic heterocycles. The highest BCUT2D eigenvalue weighted by molar-refractivity contribution is 5.90. The predicted octanol–water partition coefficient (Wildman–Crippen LogP) is -0.381. The van der Waals surface area contributed by atoms with Crippen LogP contribution in [0.3, 0.4) is 0 Å². The first-order valence-corrected chi connectivity index (χ1v) is 5.52. The SMILES string of the molecule is NC(=O)c1ccc(CNC2=NCCCN2)cn1. The average Bonchev–Trinajstić information content (AvgIpc) is 2.38. The fourth-order valence-electron chi connectivity index (χ4n) is 1.51. The minimum atomic E-state index is -0.511. The molecule has 1 aliphatic rings. The number of guanidine groups is 1. The largest absolute Gasteiger partial charge is 0.364 e. The third-order valence-corrected chi connectivity index (χ3v) is 2.43. The van der Waals surface area contributed by atoms with E-state index >= 15 is 0 Å². The van der Waals surface area contributed by atoms with E-state index in [9.17, 15) is 4.79 Å². The highest BCUT2D eigenvalue weighted by atomic mass is 16.1. The van der Waals surface area contributed by atoms with Crippen molar-refractivity contribution in [2.75, 3.05) is 13.1 Å². The van der Waals surface area contributed by atoms with Crippen molar-refractivity contribution >= 4 is 11.9 Å². The number of nitrogens with zero attached hydrogens (tertiary/aromatic N) is 2. The zero-order valence-corrected chi connectivity index (χ0v) is 9.44. The van der Waals surface area contributed by atoms with Gasteiger partial charge in [0.2, 0.25) is 0 Å². The van der Waals surface area contributed by atoms with Crippen LogP contribution in [0.4, 0.5) is 0 Å². The van der Waals surface area contributed by atoms with Crippen LogP contribution in [0.1, 0.15) is 22.5 Å². The van der Waals surface area contributed by atoms with Gasteiger partial charge in [0.15, 0.2) is 5.96 Å². The lowest BCUT2D eigenvalue weighted by Crippen LogP contribution is -2.40. The topological polar surface area (TPSA) is 92.4 Å². The molecule has 6 heteroatoms. The van der Waals surface area contributed by atoms with Gasteiger partial charge in [-0.1, -0.05) is 6.07 Å². The van der Waals surface area contributed by atoms with Gasteiger partial charge in [0.1, 0.15) is 5.69 Å². The lowest BCUT2D eigenvalue weighted by molar-refractivity contribution is 0.0995. The van der Waals surface area contributed by atoms with Crippen LogP contribution in [0.2, 0.25) is 0 Å². The van der Waals surface area contributed by atoms with E-state index in [1.807, 2.05) is 6.07 Å². The fraction of sp³-hybridized carbons (Fsp3) is 0.364. The van der Waals surface area contributed by atoms with Gasteiger partial charge in [-0.25, -0.2) is 0 Å². The lowest BCUT2D eigenvalue weighted by atomic mass is 10.2. The molecule has 1 amide bonds. The number of pyridine rings is 1. The van der Waals surface area contributed by atoms with E-state index in [4.69, 9.17) is 5.73 Å². The summed E-state index contributed by atoms with van der Waals surface area (Å²) in [5.74, 6) is 0.304. The summed E-state index contributed by atoms with van der Waals surface area (Å²) < 4.78 is 0. The lowest BCUT2D eigenvalue weighted by Gasteiger charge is -2.15. The van der Waals surface area contributed by atoms with Gasteiger partial charge in [-0.3, -0.25) is 14.8 Å². The summed E-state index contributed by atoms with van der Waals surface area (Å²) in [5.41, 5.74) is 6.36. The fourth-order valence-corrected chi connectivity index (χ4v) is 1.51. The van der Waals surface area contributed by atoms with Crippen LogP contribution < -0.4 is 16.4 Å². The van der Waals surface area contributed by atoms with Crippen molar-refractivity contribution in [1.82, 2.24) is 15.6 Å². The summed E-state index contributed by atoms with van der Waals surface area (Å²) >= 11 is 0. The summed E-state index contributed by atoms with van der Waals surface area (Å²) in [7, 11) is 0.